The minimum Gasteiger partial charge on any atom is -0.313 e. The van der Waals surface area contributed by atoms with Crippen LogP contribution in [0.2, 0.25) is 0 Å². The van der Waals surface area contributed by atoms with Crippen LogP contribution < -0.4 is 5.32 Å². The molecule has 0 amide bonds. The Morgan fingerprint density at radius 1 is 1.25 bits per heavy atom. The summed E-state index contributed by atoms with van der Waals surface area (Å²) < 4.78 is 0. The topological polar surface area (TPSA) is 15.3 Å². The second-order valence-electron chi connectivity index (χ2n) is 2.99. The summed E-state index contributed by atoms with van der Waals surface area (Å²) in [6.45, 7) is 15.7. The molecule has 0 spiro atoms. The van der Waals surface area contributed by atoms with Crippen molar-refractivity contribution in [3.8, 4) is 0 Å². The maximum Gasteiger partial charge on any atom is 0.0202 e. The SMILES string of the molecule is C=C(CNCC)CN(CC)CC. The first-order chi connectivity index (χ1) is 5.74. The van der Waals surface area contributed by atoms with Crippen LogP contribution in [0.4, 0.5) is 0 Å². The van der Waals surface area contributed by atoms with Gasteiger partial charge in [0, 0.05) is 13.1 Å². The van der Waals surface area contributed by atoms with Gasteiger partial charge in [-0.2, -0.15) is 0 Å². The zero-order valence-corrected chi connectivity index (χ0v) is 8.69. The van der Waals surface area contributed by atoms with Crippen molar-refractivity contribution in [3.05, 3.63) is 12.2 Å². The average molecular weight is 170 g/mol. The van der Waals surface area contributed by atoms with Crippen LogP contribution in [0.1, 0.15) is 20.8 Å². The molecule has 0 aromatic heterocycles. The third kappa shape index (κ3) is 5.33. The van der Waals surface area contributed by atoms with Crippen molar-refractivity contribution in [1.82, 2.24) is 10.2 Å². The molecule has 1 N–H and O–H groups in total. The maximum absolute atomic E-state index is 4.02. The first kappa shape index (κ1) is 11.7. The fourth-order valence-electron chi connectivity index (χ4n) is 1.12. The van der Waals surface area contributed by atoms with Crippen molar-refractivity contribution in [2.75, 3.05) is 32.7 Å². The normalized spacial score (nSPS) is 10.7. The van der Waals surface area contributed by atoms with Crippen LogP contribution in [0, 0.1) is 0 Å². The van der Waals surface area contributed by atoms with Crippen molar-refractivity contribution in [3.63, 3.8) is 0 Å². The number of hydrogen-bond donors (Lipinski definition) is 1. The van der Waals surface area contributed by atoms with E-state index in [1.807, 2.05) is 0 Å². The summed E-state index contributed by atoms with van der Waals surface area (Å²) in [5, 5.41) is 3.28. The molecular weight excluding hydrogens is 148 g/mol. The van der Waals surface area contributed by atoms with E-state index in [0.29, 0.717) is 0 Å². The molecule has 0 aliphatic carbocycles. The van der Waals surface area contributed by atoms with Crippen molar-refractivity contribution in [2.45, 2.75) is 20.8 Å². The summed E-state index contributed by atoms with van der Waals surface area (Å²) in [7, 11) is 0. The van der Waals surface area contributed by atoms with E-state index in [1.165, 1.54) is 5.57 Å². The Bertz CT molecular complexity index is 117. The average Bonchev–Trinajstić information content (AvgIpc) is 2.10. The molecule has 0 unspecified atom stereocenters. The molecule has 0 aromatic carbocycles. The van der Waals surface area contributed by atoms with Crippen molar-refractivity contribution in [1.29, 1.82) is 0 Å². The minimum absolute atomic E-state index is 0.951. The second-order valence-corrected chi connectivity index (χ2v) is 2.99. The van der Waals surface area contributed by atoms with Crippen molar-refractivity contribution in [2.24, 2.45) is 0 Å². The van der Waals surface area contributed by atoms with Crippen LogP contribution in [0.5, 0.6) is 0 Å². The van der Waals surface area contributed by atoms with Gasteiger partial charge < -0.3 is 5.32 Å². The molecule has 0 aromatic rings. The monoisotopic (exact) mass is 170 g/mol. The molecule has 2 heteroatoms. The lowest BCUT2D eigenvalue weighted by Crippen LogP contribution is -2.28. The van der Waals surface area contributed by atoms with Gasteiger partial charge in [0.2, 0.25) is 0 Å². The number of nitrogens with zero attached hydrogens (tertiary/aromatic N) is 1. The summed E-state index contributed by atoms with van der Waals surface area (Å²) in [5.41, 5.74) is 1.28. The Morgan fingerprint density at radius 3 is 2.25 bits per heavy atom. The van der Waals surface area contributed by atoms with E-state index in [4.69, 9.17) is 0 Å². The van der Waals surface area contributed by atoms with Gasteiger partial charge >= 0.3 is 0 Å². The van der Waals surface area contributed by atoms with Gasteiger partial charge in [-0.05, 0) is 25.2 Å². The highest BCUT2D eigenvalue weighted by Gasteiger charge is 2.00. The van der Waals surface area contributed by atoms with Gasteiger partial charge in [0.1, 0.15) is 0 Å². The van der Waals surface area contributed by atoms with Gasteiger partial charge in [0.15, 0.2) is 0 Å². The van der Waals surface area contributed by atoms with Crippen LogP contribution in [-0.4, -0.2) is 37.6 Å². The molecule has 0 bridgehead atoms. The van der Waals surface area contributed by atoms with Gasteiger partial charge in [-0.1, -0.05) is 27.4 Å². The number of nitrogens with one attached hydrogen (secondary N) is 1. The lowest BCUT2D eigenvalue weighted by atomic mass is 10.2. The Balaban J connectivity index is 3.52. The fourth-order valence-corrected chi connectivity index (χ4v) is 1.12. The van der Waals surface area contributed by atoms with Crippen LogP contribution in [0.3, 0.4) is 0 Å². The van der Waals surface area contributed by atoms with Crippen molar-refractivity contribution >= 4 is 0 Å². The molecule has 0 rings (SSSR count). The quantitative estimate of drug-likeness (QED) is 0.582. The highest BCUT2D eigenvalue weighted by molar-refractivity contribution is 4.99. The van der Waals surface area contributed by atoms with E-state index in [1.54, 1.807) is 0 Å². The molecule has 0 aliphatic rings. The Kier molecular flexibility index (Phi) is 7.11. The summed E-state index contributed by atoms with van der Waals surface area (Å²) in [6.07, 6.45) is 0. The number of rotatable bonds is 7. The predicted octanol–water partition coefficient (Wildman–Crippen LogP) is 1.49. The Hall–Kier alpha value is -0.340. The molecule has 12 heavy (non-hydrogen) atoms. The van der Waals surface area contributed by atoms with E-state index < -0.39 is 0 Å². The lowest BCUT2D eigenvalue weighted by Gasteiger charge is -2.19. The van der Waals surface area contributed by atoms with Crippen LogP contribution in [0.15, 0.2) is 12.2 Å². The zero-order chi connectivity index (χ0) is 9.40. The Morgan fingerprint density at radius 2 is 1.83 bits per heavy atom. The van der Waals surface area contributed by atoms with E-state index in [9.17, 15) is 0 Å². The molecule has 0 saturated carbocycles. The van der Waals surface area contributed by atoms with Gasteiger partial charge in [-0.15, -0.1) is 0 Å². The molecule has 0 saturated heterocycles. The van der Waals surface area contributed by atoms with Crippen LogP contribution in [0.25, 0.3) is 0 Å². The first-order valence-electron chi connectivity index (χ1n) is 4.84. The van der Waals surface area contributed by atoms with Gasteiger partial charge in [-0.25, -0.2) is 0 Å². The fraction of sp³-hybridized carbons (Fsp3) is 0.800. The smallest absolute Gasteiger partial charge is 0.0202 e. The maximum atomic E-state index is 4.02. The molecule has 0 heterocycles. The molecule has 0 atom stereocenters. The second kappa shape index (κ2) is 7.32. The predicted molar refractivity (Wildman–Crippen MR) is 55.5 cm³/mol. The molecule has 2 nitrogen and oxygen atoms in total. The highest BCUT2D eigenvalue weighted by Crippen LogP contribution is 1.94. The van der Waals surface area contributed by atoms with E-state index in [-0.39, 0.29) is 0 Å². The zero-order valence-electron chi connectivity index (χ0n) is 8.69. The Labute approximate surface area is 76.6 Å². The minimum atomic E-state index is 0.951. The standard InChI is InChI=1S/C10H22N2/c1-5-11-8-10(4)9-12(6-2)7-3/h11H,4-9H2,1-3H3. The molecular formula is C10H22N2. The van der Waals surface area contributed by atoms with Gasteiger partial charge in [-0.3, -0.25) is 4.90 Å². The summed E-state index contributed by atoms with van der Waals surface area (Å²) in [6, 6.07) is 0. The lowest BCUT2D eigenvalue weighted by molar-refractivity contribution is 0.327. The largest absolute Gasteiger partial charge is 0.313 e. The highest BCUT2D eigenvalue weighted by atomic mass is 15.1. The molecule has 0 fully saturated rings. The van der Waals surface area contributed by atoms with E-state index in [2.05, 4.69) is 37.6 Å². The third-order valence-electron chi connectivity index (χ3n) is 1.97. The van der Waals surface area contributed by atoms with Crippen LogP contribution >= 0.6 is 0 Å². The first-order valence-corrected chi connectivity index (χ1v) is 4.84. The van der Waals surface area contributed by atoms with Crippen LogP contribution in [-0.2, 0) is 0 Å². The van der Waals surface area contributed by atoms with Gasteiger partial charge in [0.25, 0.3) is 0 Å². The molecule has 0 radical (unpaired) electrons. The number of hydrogen-bond acceptors (Lipinski definition) is 2. The van der Waals surface area contributed by atoms with Gasteiger partial charge in [0.05, 0.1) is 0 Å². The molecule has 0 aliphatic heterocycles. The summed E-state index contributed by atoms with van der Waals surface area (Å²) >= 11 is 0. The third-order valence-corrected chi connectivity index (χ3v) is 1.97. The van der Waals surface area contributed by atoms with E-state index >= 15 is 0 Å². The summed E-state index contributed by atoms with van der Waals surface area (Å²) in [4.78, 5) is 2.37. The van der Waals surface area contributed by atoms with E-state index in [0.717, 1.165) is 32.7 Å². The summed E-state index contributed by atoms with van der Waals surface area (Å²) in [5.74, 6) is 0. The molecule has 72 valence electrons. The number of likely N-dealkylation sites (N-methyl/N-ethyl adjacent to an activating group) is 2. The van der Waals surface area contributed by atoms with Crippen molar-refractivity contribution < 1.29 is 0 Å².